The summed E-state index contributed by atoms with van der Waals surface area (Å²) >= 11 is 1.64. The predicted octanol–water partition coefficient (Wildman–Crippen LogP) is 5.28. The molecular weight excluding hydrogens is 632 g/mol. The molecule has 9 nitrogen and oxygen atoms in total. The lowest BCUT2D eigenvalue weighted by molar-refractivity contribution is -0.332. The number of benzene rings is 3. The smallest absolute Gasteiger partial charge is 0.187 e. The van der Waals surface area contributed by atoms with E-state index in [4.69, 9.17) is 33.2 Å². The van der Waals surface area contributed by atoms with E-state index in [2.05, 4.69) is 6.58 Å². The molecule has 3 aromatic carbocycles. The van der Waals surface area contributed by atoms with Crippen molar-refractivity contribution in [2.24, 2.45) is 0 Å². The zero-order valence-electron chi connectivity index (χ0n) is 27.5. The number of hydrogen-bond acceptors (Lipinski definition) is 10. The second kappa shape index (κ2) is 19.5. The third kappa shape index (κ3) is 10.4. The van der Waals surface area contributed by atoms with Gasteiger partial charge in [-0.1, -0.05) is 97.1 Å². The monoisotopic (exact) mass is 680 g/mol. The van der Waals surface area contributed by atoms with Crippen molar-refractivity contribution in [2.75, 3.05) is 25.2 Å². The van der Waals surface area contributed by atoms with Gasteiger partial charge in [-0.2, -0.15) is 11.8 Å². The molecule has 3 aromatic rings. The van der Waals surface area contributed by atoms with Gasteiger partial charge in [-0.25, -0.2) is 0 Å². The van der Waals surface area contributed by atoms with Crippen LogP contribution in [0.5, 0.6) is 0 Å². The third-order valence-corrected chi connectivity index (χ3v) is 8.99. The lowest BCUT2D eigenvalue weighted by atomic mass is 9.98. The molecular formula is C38H48O9S. The lowest BCUT2D eigenvalue weighted by Crippen LogP contribution is -2.61. The van der Waals surface area contributed by atoms with Gasteiger partial charge in [-0.15, -0.1) is 6.58 Å². The summed E-state index contributed by atoms with van der Waals surface area (Å²) in [6.45, 7) is 5.18. The van der Waals surface area contributed by atoms with Gasteiger partial charge < -0.3 is 43.4 Å². The first-order chi connectivity index (χ1) is 23.6. The van der Waals surface area contributed by atoms with Crippen molar-refractivity contribution in [3.8, 4) is 0 Å². The quantitative estimate of drug-likeness (QED) is 0.129. The third-order valence-electron chi connectivity index (χ3n) is 8.33. The van der Waals surface area contributed by atoms with Gasteiger partial charge in [-0.3, -0.25) is 0 Å². The van der Waals surface area contributed by atoms with E-state index in [1.807, 2.05) is 97.3 Å². The number of unbranched alkanes of at least 4 members (excludes halogenated alkanes) is 1. The van der Waals surface area contributed by atoms with Gasteiger partial charge >= 0.3 is 0 Å². The van der Waals surface area contributed by atoms with E-state index in [1.54, 1.807) is 17.8 Å². The Morgan fingerprint density at radius 1 is 0.688 bits per heavy atom. The fraction of sp³-hybridized carbons (Fsp3) is 0.474. The maximum atomic E-state index is 11.5. The van der Waals surface area contributed by atoms with Crippen LogP contribution in [0.15, 0.2) is 104 Å². The zero-order valence-corrected chi connectivity index (χ0v) is 28.3. The summed E-state index contributed by atoms with van der Waals surface area (Å²) in [4.78, 5) is 0. The average Bonchev–Trinajstić information content (AvgIpc) is 3.44. The minimum absolute atomic E-state index is 0.0836. The standard InChI is InChI=1S/C38H48O9S/c1-3-4-14-21-42-37-33(40)32(39)34(30(45-37)25-41-22-27-15-8-5-9-16-27)47-38-36(44-24-29-19-12-7-13-20-29)35(31(46-38)26-48-2)43-23-28-17-10-6-11-18-28/h3,5-13,15-20,30-40H,1,4,14,21-26H2,2H3/t30-,31-,32-,33+,34-,35+,36-,37+,38+/m1/s1. The summed E-state index contributed by atoms with van der Waals surface area (Å²) < 4.78 is 44.3. The van der Waals surface area contributed by atoms with Crippen LogP contribution < -0.4 is 0 Å². The second-order valence-corrected chi connectivity index (χ2v) is 12.9. The number of ether oxygens (including phenoxy) is 7. The van der Waals surface area contributed by atoms with Crippen molar-refractivity contribution < 1.29 is 43.4 Å². The molecule has 2 aliphatic rings. The van der Waals surface area contributed by atoms with Gasteiger partial charge in [0.1, 0.15) is 36.6 Å². The van der Waals surface area contributed by atoms with Gasteiger partial charge in [-0.05, 0) is 35.8 Å². The number of hydrogen-bond donors (Lipinski definition) is 2. The van der Waals surface area contributed by atoms with Crippen molar-refractivity contribution in [2.45, 2.75) is 88.0 Å². The van der Waals surface area contributed by atoms with Crippen molar-refractivity contribution >= 4 is 11.8 Å². The normalized spacial score (nSPS) is 28.8. The number of aliphatic hydroxyl groups excluding tert-OH is 2. The Morgan fingerprint density at radius 3 is 1.83 bits per heavy atom. The van der Waals surface area contributed by atoms with Crippen LogP contribution in [0, 0.1) is 0 Å². The number of rotatable bonds is 19. The van der Waals surface area contributed by atoms with E-state index in [-0.39, 0.29) is 12.7 Å². The van der Waals surface area contributed by atoms with E-state index in [9.17, 15) is 10.2 Å². The Labute approximate surface area is 288 Å². The summed E-state index contributed by atoms with van der Waals surface area (Å²) in [5.41, 5.74) is 3.02. The molecule has 0 radical (unpaired) electrons. The minimum atomic E-state index is -1.36. The Balaban J connectivity index is 1.35. The predicted molar refractivity (Wildman–Crippen MR) is 184 cm³/mol. The molecule has 10 heteroatoms. The molecule has 0 bridgehead atoms. The average molecular weight is 681 g/mol. The first-order valence-electron chi connectivity index (χ1n) is 16.5. The maximum absolute atomic E-state index is 11.5. The Bertz CT molecular complexity index is 1320. The highest BCUT2D eigenvalue weighted by molar-refractivity contribution is 7.98. The van der Waals surface area contributed by atoms with E-state index in [0.29, 0.717) is 38.6 Å². The molecule has 5 rings (SSSR count). The van der Waals surface area contributed by atoms with Crippen molar-refractivity contribution in [1.29, 1.82) is 0 Å². The topological polar surface area (TPSA) is 105 Å². The van der Waals surface area contributed by atoms with Crippen molar-refractivity contribution in [3.05, 3.63) is 120 Å². The molecule has 2 fully saturated rings. The van der Waals surface area contributed by atoms with Crippen LogP contribution in [0.4, 0.5) is 0 Å². The molecule has 9 atom stereocenters. The molecule has 0 unspecified atom stereocenters. The fourth-order valence-corrected chi connectivity index (χ4v) is 6.40. The Hall–Kier alpha value is -2.61. The SMILES string of the molecule is C=CCCCO[C@H]1O[C@H](COCc2ccccc2)[C@@H](O[C@@H]2O[C@H](CSC)[C@H](OCc3ccccc3)[C@H]2OCc2ccccc2)[C@H](O)[C@@H]1O. The summed E-state index contributed by atoms with van der Waals surface area (Å²) in [6, 6.07) is 29.6. The van der Waals surface area contributed by atoms with Gasteiger partial charge in [0.15, 0.2) is 12.6 Å². The molecule has 2 N–H and O–H groups in total. The van der Waals surface area contributed by atoms with Crippen LogP contribution in [0.1, 0.15) is 29.5 Å². The second-order valence-electron chi connectivity index (χ2n) is 11.9. The first-order valence-corrected chi connectivity index (χ1v) is 17.9. The van der Waals surface area contributed by atoms with Crippen LogP contribution in [0.2, 0.25) is 0 Å². The van der Waals surface area contributed by atoms with Crippen LogP contribution >= 0.6 is 11.8 Å². The van der Waals surface area contributed by atoms with Gasteiger partial charge in [0.2, 0.25) is 0 Å². The van der Waals surface area contributed by atoms with E-state index in [0.717, 1.165) is 23.1 Å². The summed E-state index contributed by atoms with van der Waals surface area (Å²) in [5, 5.41) is 22.6. The lowest BCUT2D eigenvalue weighted by Gasteiger charge is -2.43. The molecule has 2 saturated heterocycles. The number of aliphatic hydroxyl groups is 2. The molecule has 0 amide bonds. The number of allylic oxidation sites excluding steroid dienone is 1. The van der Waals surface area contributed by atoms with E-state index >= 15 is 0 Å². The molecule has 0 aromatic heterocycles. The van der Waals surface area contributed by atoms with Gasteiger partial charge in [0.25, 0.3) is 0 Å². The molecule has 260 valence electrons. The Morgan fingerprint density at radius 2 is 1.25 bits per heavy atom. The maximum Gasteiger partial charge on any atom is 0.187 e. The van der Waals surface area contributed by atoms with Crippen molar-refractivity contribution in [3.63, 3.8) is 0 Å². The Kier molecular flexibility index (Phi) is 14.9. The highest BCUT2D eigenvalue weighted by Gasteiger charge is 2.52. The molecule has 2 heterocycles. The molecule has 48 heavy (non-hydrogen) atoms. The van der Waals surface area contributed by atoms with Crippen LogP contribution in [-0.2, 0) is 53.0 Å². The first kappa shape index (κ1) is 36.7. The van der Waals surface area contributed by atoms with E-state index < -0.39 is 49.2 Å². The minimum Gasteiger partial charge on any atom is -0.387 e. The van der Waals surface area contributed by atoms with Gasteiger partial charge in [0, 0.05) is 5.75 Å². The van der Waals surface area contributed by atoms with Crippen LogP contribution in [-0.4, -0.2) is 90.7 Å². The summed E-state index contributed by atoms with van der Waals surface area (Å²) in [5.74, 6) is 0.640. The molecule has 0 saturated carbocycles. The summed E-state index contributed by atoms with van der Waals surface area (Å²) in [6.07, 6.45) is -2.67. The van der Waals surface area contributed by atoms with Crippen molar-refractivity contribution in [1.82, 2.24) is 0 Å². The highest BCUT2D eigenvalue weighted by atomic mass is 32.2. The highest BCUT2D eigenvalue weighted by Crippen LogP contribution is 2.34. The van der Waals surface area contributed by atoms with Gasteiger partial charge in [0.05, 0.1) is 39.1 Å². The summed E-state index contributed by atoms with van der Waals surface area (Å²) in [7, 11) is 0. The molecule has 0 aliphatic carbocycles. The number of thioether (sulfide) groups is 1. The van der Waals surface area contributed by atoms with Crippen LogP contribution in [0.25, 0.3) is 0 Å². The molecule has 2 aliphatic heterocycles. The molecule has 0 spiro atoms. The largest absolute Gasteiger partial charge is 0.387 e. The van der Waals surface area contributed by atoms with E-state index in [1.165, 1.54) is 0 Å². The van der Waals surface area contributed by atoms with Crippen LogP contribution in [0.3, 0.4) is 0 Å². The fourth-order valence-electron chi connectivity index (χ4n) is 5.81. The zero-order chi connectivity index (χ0) is 33.6.